The van der Waals surface area contributed by atoms with Crippen LogP contribution in [0.3, 0.4) is 0 Å². The van der Waals surface area contributed by atoms with E-state index in [1.165, 1.54) is 4.90 Å². The first-order valence-electron chi connectivity index (χ1n) is 11.4. The molecule has 0 spiro atoms. The molecule has 2 saturated heterocycles. The van der Waals surface area contributed by atoms with Crippen molar-refractivity contribution >= 4 is 17.6 Å². The van der Waals surface area contributed by atoms with E-state index in [1.807, 2.05) is 91.0 Å². The van der Waals surface area contributed by atoms with Crippen LogP contribution in [0.15, 0.2) is 91.0 Å². The maximum Gasteiger partial charge on any atom is 0.333 e. The van der Waals surface area contributed by atoms with Crippen LogP contribution in [0.25, 0.3) is 0 Å². The molecule has 33 heavy (non-hydrogen) atoms. The molecule has 2 aliphatic heterocycles. The van der Waals surface area contributed by atoms with E-state index in [1.54, 1.807) is 4.90 Å². The van der Waals surface area contributed by atoms with Crippen LogP contribution < -0.4 is 4.90 Å². The molecule has 0 N–H and O–H groups in total. The Labute approximate surface area is 194 Å². The van der Waals surface area contributed by atoms with Crippen LogP contribution in [-0.2, 0) is 10.3 Å². The third-order valence-corrected chi connectivity index (χ3v) is 6.67. The minimum atomic E-state index is -1.24. The lowest BCUT2D eigenvalue weighted by Crippen LogP contribution is -2.55. The first kappa shape index (κ1) is 21.4. The summed E-state index contributed by atoms with van der Waals surface area (Å²) in [4.78, 5) is 36.0. The van der Waals surface area contributed by atoms with Crippen molar-refractivity contribution in [3.8, 4) is 0 Å². The highest BCUT2D eigenvalue weighted by Gasteiger charge is 2.60. The zero-order valence-electron chi connectivity index (χ0n) is 18.8. The van der Waals surface area contributed by atoms with Gasteiger partial charge in [-0.2, -0.15) is 0 Å². The number of imide groups is 1. The molecule has 5 rings (SSSR count). The van der Waals surface area contributed by atoms with Gasteiger partial charge in [0.05, 0.1) is 12.4 Å². The normalized spacial score (nSPS) is 19.3. The molecule has 6 heteroatoms. The third kappa shape index (κ3) is 3.61. The lowest BCUT2D eigenvalue weighted by Gasteiger charge is -2.41. The van der Waals surface area contributed by atoms with Crippen LogP contribution in [0.1, 0.15) is 11.1 Å². The fourth-order valence-corrected chi connectivity index (χ4v) is 4.87. The number of urea groups is 1. The fraction of sp³-hybridized carbons (Fsp3) is 0.259. The average molecular weight is 441 g/mol. The molecule has 0 atom stereocenters. The quantitative estimate of drug-likeness (QED) is 0.569. The van der Waals surface area contributed by atoms with Crippen molar-refractivity contribution in [3.05, 3.63) is 102 Å². The number of rotatable bonds is 5. The molecule has 2 fully saturated rings. The van der Waals surface area contributed by atoms with E-state index in [0.29, 0.717) is 12.4 Å². The van der Waals surface area contributed by atoms with E-state index in [2.05, 4.69) is 16.8 Å². The largest absolute Gasteiger partial charge is 0.333 e. The van der Waals surface area contributed by atoms with Crippen molar-refractivity contribution < 1.29 is 9.59 Å². The fourth-order valence-electron chi connectivity index (χ4n) is 4.87. The van der Waals surface area contributed by atoms with Crippen LogP contribution in [0, 0.1) is 0 Å². The third-order valence-electron chi connectivity index (χ3n) is 6.67. The van der Waals surface area contributed by atoms with Gasteiger partial charge in [-0.3, -0.25) is 14.6 Å². The van der Waals surface area contributed by atoms with Gasteiger partial charge in [0.1, 0.15) is 0 Å². The van der Waals surface area contributed by atoms with Gasteiger partial charge in [0.2, 0.25) is 0 Å². The van der Waals surface area contributed by atoms with E-state index in [4.69, 9.17) is 0 Å². The number of carbonyl (C=O) groups is 2. The van der Waals surface area contributed by atoms with Crippen molar-refractivity contribution in [2.45, 2.75) is 5.54 Å². The minimum Gasteiger partial charge on any atom is -0.304 e. The van der Waals surface area contributed by atoms with Crippen molar-refractivity contribution in [1.29, 1.82) is 0 Å². The second-order valence-electron chi connectivity index (χ2n) is 8.69. The molecule has 0 radical (unpaired) electrons. The van der Waals surface area contributed by atoms with Gasteiger partial charge >= 0.3 is 6.03 Å². The Morgan fingerprint density at radius 1 is 0.697 bits per heavy atom. The minimum absolute atomic E-state index is 0.245. The lowest BCUT2D eigenvalue weighted by atomic mass is 9.81. The molecule has 0 bridgehead atoms. The SMILES string of the molecule is CN1CCN(CN2C(=O)N(c3ccccc3)C(=O)C2(c2ccccc2)c2ccccc2)CC1. The van der Waals surface area contributed by atoms with Crippen LogP contribution >= 0.6 is 0 Å². The van der Waals surface area contributed by atoms with Crippen molar-refractivity contribution in [2.75, 3.05) is 44.8 Å². The van der Waals surface area contributed by atoms with E-state index in [9.17, 15) is 9.59 Å². The Kier molecular flexibility index (Phi) is 5.70. The van der Waals surface area contributed by atoms with Gasteiger partial charge in [0, 0.05) is 26.2 Å². The van der Waals surface area contributed by atoms with Crippen molar-refractivity contribution in [1.82, 2.24) is 14.7 Å². The maximum atomic E-state index is 14.4. The predicted octanol–water partition coefficient (Wildman–Crippen LogP) is 3.60. The number of hydrogen-bond donors (Lipinski definition) is 0. The van der Waals surface area contributed by atoms with Crippen LogP contribution in [0.5, 0.6) is 0 Å². The van der Waals surface area contributed by atoms with Gasteiger partial charge in [-0.25, -0.2) is 9.69 Å². The second-order valence-corrected chi connectivity index (χ2v) is 8.69. The van der Waals surface area contributed by atoms with E-state index in [0.717, 1.165) is 37.3 Å². The highest BCUT2D eigenvalue weighted by Crippen LogP contribution is 2.44. The first-order chi connectivity index (χ1) is 16.1. The topological polar surface area (TPSA) is 47.1 Å². The average Bonchev–Trinajstić information content (AvgIpc) is 3.08. The zero-order valence-corrected chi connectivity index (χ0v) is 18.8. The Morgan fingerprint density at radius 3 is 1.70 bits per heavy atom. The summed E-state index contributed by atoms with van der Waals surface area (Å²) in [5.74, 6) is -0.245. The summed E-state index contributed by atoms with van der Waals surface area (Å²) >= 11 is 0. The van der Waals surface area contributed by atoms with E-state index >= 15 is 0 Å². The van der Waals surface area contributed by atoms with E-state index in [-0.39, 0.29) is 11.9 Å². The number of carbonyl (C=O) groups excluding carboxylic acids is 2. The van der Waals surface area contributed by atoms with Crippen molar-refractivity contribution in [3.63, 3.8) is 0 Å². The molecule has 3 aromatic carbocycles. The summed E-state index contributed by atoms with van der Waals surface area (Å²) in [6.45, 7) is 3.94. The highest BCUT2D eigenvalue weighted by molar-refractivity contribution is 6.24. The summed E-state index contributed by atoms with van der Waals surface area (Å²) in [5, 5.41) is 0. The molecule has 6 nitrogen and oxygen atoms in total. The summed E-state index contributed by atoms with van der Waals surface area (Å²) < 4.78 is 0. The summed E-state index contributed by atoms with van der Waals surface area (Å²) in [7, 11) is 2.11. The van der Waals surface area contributed by atoms with Gasteiger partial charge in [-0.05, 0) is 30.3 Å². The van der Waals surface area contributed by atoms with Crippen LogP contribution in [-0.4, -0.2) is 66.5 Å². The number of hydrogen-bond acceptors (Lipinski definition) is 4. The molecule has 3 aromatic rings. The molecular weight excluding hydrogens is 412 g/mol. The molecule has 0 aliphatic carbocycles. The number of anilines is 1. The number of amides is 3. The van der Waals surface area contributed by atoms with Gasteiger partial charge in [-0.1, -0.05) is 78.9 Å². The maximum absolute atomic E-state index is 14.4. The molecule has 0 saturated carbocycles. The monoisotopic (exact) mass is 440 g/mol. The lowest BCUT2D eigenvalue weighted by molar-refractivity contribution is -0.124. The Balaban J connectivity index is 1.69. The van der Waals surface area contributed by atoms with Gasteiger partial charge < -0.3 is 4.90 Å². The predicted molar refractivity (Wildman–Crippen MR) is 129 cm³/mol. The van der Waals surface area contributed by atoms with Crippen LogP contribution in [0.2, 0.25) is 0 Å². The summed E-state index contributed by atoms with van der Waals surface area (Å²) in [6.07, 6.45) is 0. The number of para-hydroxylation sites is 1. The highest BCUT2D eigenvalue weighted by atomic mass is 16.2. The van der Waals surface area contributed by atoms with Gasteiger partial charge in [0.25, 0.3) is 5.91 Å². The number of piperazine rings is 1. The smallest absolute Gasteiger partial charge is 0.304 e. The molecule has 0 aromatic heterocycles. The Morgan fingerprint density at radius 2 is 1.18 bits per heavy atom. The van der Waals surface area contributed by atoms with E-state index < -0.39 is 5.54 Å². The number of likely N-dealkylation sites (N-methyl/N-ethyl adjacent to an activating group) is 1. The molecule has 2 aliphatic rings. The second kappa shape index (κ2) is 8.81. The Bertz CT molecular complexity index is 1070. The molecule has 0 unspecified atom stereocenters. The molecule has 3 amide bonds. The van der Waals surface area contributed by atoms with Crippen LogP contribution in [0.4, 0.5) is 10.5 Å². The molecular formula is C27H28N4O2. The number of nitrogens with zero attached hydrogens (tertiary/aromatic N) is 4. The standard InChI is InChI=1S/C27H28N4O2/c1-28-17-19-29(20-18-28)21-30-26(33)31(24-15-9-4-10-16-24)25(32)27(30,22-11-5-2-6-12-22)23-13-7-3-8-14-23/h2-16H,17-21H2,1H3. The van der Waals surface area contributed by atoms with Crippen molar-refractivity contribution in [2.24, 2.45) is 0 Å². The van der Waals surface area contributed by atoms with Gasteiger partial charge in [0.15, 0.2) is 5.54 Å². The molecule has 168 valence electrons. The number of benzene rings is 3. The first-order valence-corrected chi connectivity index (χ1v) is 11.4. The summed E-state index contributed by atoms with van der Waals surface area (Å²) in [6, 6.07) is 28.3. The van der Waals surface area contributed by atoms with Gasteiger partial charge in [-0.15, -0.1) is 0 Å². The zero-order chi connectivity index (χ0) is 22.8. The Hall–Kier alpha value is -3.48. The summed E-state index contributed by atoms with van der Waals surface area (Å²) in [5.41, 5.74) is 0.938. The molecule has 2 heterocycles.